The van der Waals surface area contributed by atoms with Crippen LogP contribution in [0.2, 0.25) is 0 Å². The van der Waals surface area contributed by atoms with Gasteiger partial charge in [0.05, 0.1) is 11.5 Å². The van der Waals surface area contributed by atoms with Gasteiger partial charge in [-0.2, -0.15) is 0 Å². The average Bonchev–Trinajstić information content (AvgIpc) is 2.26. The van der Waals surface area contributed by atoms with E-state index < -0.39 is 33.8 Å². The lowest BCUT2D eigenvalue weighted by atomic mass is 10.1. The van der Waals surface area contributed by atoms with Crippen molar-refractivity contribution in [3.63, 3.8) is 0 Å². The number of rotatable bonds is 6. The molecular formula is C11H20N2O5S. The Balaban J connectivity index is 2.48. The molecule has 0 aromatic rings. The van der Waals surface area contributed by atoms with Crippen LogP contribution in [0.15, 0.2) is 0 Å². The largest absolute Gasteiger partial charge is 0.480 e. The van der Waals surface area contributed by atoms with Crippen LogP contribution in [0.25, 0.3) is 0 Å². The van der Waals surface area contributed by atoms with E-state index >= 15 is 0 Å². The molecule has 1 heterocycles. The Hall–Kier alpha value is -1.15. The zero-order chi connectivity index (χ0) is 14.5. The minimum atomic E-state index is -3.09. The zero-order valence-electron chi connectivity index (χ0n) is 10.9. The molecule has 0 saturated carbocycles. The number of hydrogen-bond acceptors (Lipinski definition) is 5. The van der Waals surface area contributed by atoms with Crippen LogP contribution in [-0.4, -0.2) is 55.5 Å². The summed E-state index contributed by atoms with van der Waals surface area (Å²) < 4.78 is 22.8. The van der Waals surface area contributed by atoms with Gasteiger partial charge in [-0.3, -0.25) is 4.79 Å². The van der Waals surface area contributed by atoms with Crippen molar-refractivity contribution in [3.8, 4) is 0 Å². The minimum Gasteiger partial charge on any atom is -0.480 e. The standard InChI is InChI=1S/C11H20N2O5S/c1-2-3-9(11(15)16)13-10(14)6-8-7-19(17,18)5-4-12-8/h8-9,12H,2-7H2,1H3,(H,13,14)(H,15,16). The van der Waals surface area contributed by atoms with Gasteiger partial charge in [-0.05, 0) is 6.42 Å². The number of hydrogen-bond donors (Lipinski definition) is 3. The summed E-state index contributed by atoms with van der Waals surface area (Å²) in [5.41, 5.74) is 0. The van der Waals surface area contributed by atoms with Crippen LogP contribution in [0.3, 0.4) is 0 Å². The first-order valence-electron chi connectivity index (χ1n) is 6.30. The third kappa shape index (κ3) is 5.56. The lowest BCUT2D eigenvalue weighted by Crippen LogP contribution is -2.49. The lowest BCUT2D eigenvalue weighted by molar-refractivity contribution is -0.142. The minimum absolute atomic E-state index is 0.0211. The summed E-state index contributed by atoms with van der Waals surface area (Å²) in [6.45, 7) is 2.16. The Morgan fingerprint density at radius 1 is 1.47 bits per heavy atom. The Bertz CT molecular complexity index is 434. The van der Waals surface area contributed by atoms with Gasteiger partial charge in [0.1, 0.15) is 6.04 Å². The summed E-state index contributed by atoms with van der Waals surface area (Å²) in [6.07, 6.45) is 0.984. The van der Waals surface area contributed by atoms with Crippen LogP contribution in [-0.2, 0) is 19.4 Å². The highest BCUT2D eigenvalue weighted by Crippen LogP contribution is 2.06. The molecule has 0 aromatic heterocycles. The van der Waals surface area contributed by atoms with E-state index in [1.54, 1.807) is 0 Å². The molecule has 2 unspecified atom stereocenters. The number of carboxylic acids is 1. The molecule has 1 rings (SSSR count). The van der Waals surface area contributed by atoms with E-state index in [9.17, 15) is 18.0 Å². The van der Waals surface area contributed by atoms with Crippen LogP contribution < -0.4 is 10.6 Å². The fourth-order valence-electron chi connectivity index (χ4n) is 2.02. The van der Waals surface area contributed by atoms with Crippen molar-refractivity contribution in [2.75, 3.05) is 18.1 Å². The third-order valence-corrected chi connectivity index (χ3v) is 4.68. The molecule has 2 atom stereocenters. The monoisotopic (exact) mass is 292 g/mol. The molecule has 7 nitrogen and oxygen atoms in total. The predicted octanol–water partition coefficient (Wildman–Crippen LogP) is -0.867. The average molecular weight is 292 g/mol. The first-order chi connectivity index (χ1) is 8.84. The summed E-state index contributed by atoms with van der Waals surface area (Å²) in [5, 5.41) is 14.3. The maximum absolute atomic E-state index is 11.7. The summed E-state index contributed by atoms with van der Waals surface area (Å²) >= 11 is 0. The number of carboxylic acid groups (broad SMARTS) is 1. The SMILES string of the molecule is CCCC(NC(=O)CC1CS(=O)(=O)CCN1)C(=O)O. The molecule has 0 bridgehead atoms. The second kappa shape index (κ2) is 6.85. The molecule has 8 heteroatoms. The number of aliphatic carboxylic acids is 1. The van der Waals surface area contributed by atoms with Gasteiger partial charge in [0.25, 0.3) is 0 Å². The van der Waals surface area contributed by atoms with Gasteiger partial charge in [-0.15, -0.1) is 0 Å². The Kier molecular flexibility index (Phi) is 5.74. The number of carbonyl (C=O) groups is 2. The maximum Gasteiger partial charge on any atom is 0.326 e. The molecule has 110 valence electrons. The molecule has 1 saturated heterocycles. The van der Waals surface area contributed by atoms with Gasteiger partial charge in [-0.25, -0.2) is 13.2 Å². The summed E-state index contributed by atoms with van der Waals surface area (Å²) in [6, 6.07) is -1.34. The number of sulfone groups is 1. The van der Waals surface area contributed by atoms with Crippen molar-refractivity contribution in [2.24, 2.45) is 0 Å². The number of carbonyl (C=O) groups excluding carboxylic acids is 1. The molecule has 1 fully saturated rings. The first kappa shape index (κ1) is 15.9. The Morgan fingerprint density at radius 2 is 2.16 bits per heavy atom. The molecule has 19 heavy (non-hydrogen) atoms. The molecule has 3 N–H and O–H groups in total. The van der Waals surface area contributed by atoms with Crippen molar-refractivity contribution in [1.29, 1.82) is 0 Å². The number of amides is 1. The Morgan fingerprint density at radius 3 is 2.68 bits per heavy atom. The van der Waals surface area contributed by atoms with E-state index in [1.807, 2.05) is 6.92 Å². The highest BCUT2D eigenvalue weighted by Gasteiger charge is 2.27. The molecule has 0 spiro atoms. The van der Waals surface area contributed by atoms with Gasteiger partial charge in [0.15, 0.2) is 9.84 Å². The molecular weight excluding hydrogens is 272 g/mol. The highest BCUT2D eigenvalue weighted by molar-refractivity contribution is 7.91. The van der Waals surface area contributed by atoms with Crippen LogP contribution in [0.5, 0.6) is 0 Å². The van der Waals surface area contributed by atoms with E-state index in [-0.39, 0.29) is 17.9 Å². The van der Waals surface area contributed by atoms with Crippen LogP contribution >= 0.6 is 0 Å². The summed E-state index contributed by atoms with van der Waals surface area (Å²) in [7, 11) is -3.09. The van der Waals surface area contributed by atoms with Gasteiger partial charge in [-0.1, -0.05) is 13.3 Å². The van der Waals surface area contributed by atoms with E-state index in [0.29, 0.717) is 19.4 Å². The van der Waals surface area contributed by atoms with Crippen LogP contribution in [0.1, 0.15) is 26.2 Å². The van der Waals surface area contributed by atoms with Crippen LogP contribution in [0, 0.1) is 0 Å². The van der Waals surface area contributed by atoms with Crippen molar-refractivity contribution in [2.45, 2.75) is 38.3 Å². The van der Waals surface area contributed by atoms with Gasteiger partial charge in [0.2, 0.25) is 5.91 Å². The normalized spacial score (nSPS) is 23.5. The first-order valence-corrected chi connectivity index (χ1v) is 8.12. The molecule has 0 aliphatic carbocycles. The van der Waals surface area contributed by atoms with E-state index in [2.05, 4.69) is 10.6 Å². The van der Waals surface area contributed by atoms with E-state index in [4.69, 9.17) is 5.11 Å². The fraction of sp³-hybridized carbons (Fsp3) is 0.818. The van der Waals surface area contributed by atoms with E-state index in [0.717, 1.165) is 0 Å². The smallest absolute Gasteiger partial charge is 0.326 e. The van der Waals surface area contributed by atoms with Crippen molar-refractivity contribution < 1.29 is 23.1 Å². The molecule has 1 aliphatic rings. The second-order valence-corrected chi connectivity index (χ2v) is 6.95. The lowest BCUT2D eigenvalue weighted by Gasteiger charge is -2.23. The van der Waals surface area contributed by atoms with Gasteiger partial charge < -0.3 is 15.7 Å². The van der Waals surface area contributed by atoms with Crippen molar-refractivity contribution >= 4 is 21.7 Å². The Labute approximate surface area is 112 Å². The van der Waals surface area contributed by atoms with Crippen LogP contribution in [0.4, 0.5) is 0 Å². The van der Waals surface area contributed by atoms with Crippen molar-refractivity contribution in [3.05, 3.63) is 0 Å². The molecule has 1 aliphatic heterocycles. The topological polar surface area (TPSA) is 113 Å². The van der Waals surface area contributed by atoms with E-state index in [1.165, 1.54) is 0 Å². The molecule has 1 amide bonds. The summed E-state index contributed by atoms with van der Waals surface area (Å²) in [4.78, 5) is 22.6. The molecule has 0 radical (unpaired) electrons. The van der Waals surface area contributed by atoms with Crippen molar-refractivity contribution in [1.82, 2.24) is 10.6 Å². The number of nitrogens with one attached hydrogen (secondary N) is 2. The second-order valence-electron chi connectivity index (χ2n) is 4.72. The zero-order valence-corrected chi connectivity index (χ0v) is 11.7. The van der Waals surface area contributed by atoms with Gasteiger partial charge >= 0.3 is 5.97 Å². The van der Waals surface area contributed by atoms with Gasteiger partial charge in [0, 0.05) is 19.0 Å². The molecule has 0 aromatic carbocycles. The quantitative estimate of drug-likeness (QED) is 0.587. The fourth-order valence-corrected chi connectivity index (χ4v) is 3.47. The summed E-state index contributed by atoms with van der Waals surface area (Å²) in [5.74, 6) is -1.50. The predicted molar refractivity (Wildman–Crippen MR) is 69.5 cm³/mol. The third-order valence-electron chi connectivity index (χ3n) is 2.94. The maximum atomic E-state index is 11.7. The highest BCUT2D eigenvalue weighted by atomic mass is 32.2.